The number of nitrogens with one attached hydrogen (secondary N) is 1. The van der Waals surface area contributed by atoms with Crippen molar-refractivity contribution in [3.05, 3.63) is 58.1 Å². The van der Waals surface area contributed by atoms with Crippen LogP contribution in [0.3, 0.4) is 0 Å². The van der Waals surface area contributed by atoms with Crippen molar-refractivity contribution in [1.29, 1.82) is 0 Å². The predicted molar refractivity (Wildman–Crippen MR) is 107 cm³/mol. The van der Waals surface area contributed by atoms with Crippen molar-refractivity contribution in [2.45, 2.75) is 23.5 Å². The Kier molecular flexibility index (Phi) is 8.18. The number of anilines is 1. The van der Waals surface area contributed by atoms with Crippen molar-refractivity contribution in [2.75, 3.05) is 11.9 Å². The van der Waals surface area contributed by atoms with Crippen molar-refractivity contribution in [3.63, 3.8) is 0 Å². The first-order chi connectivity index (χ1) is 13.6. The van der Waals surface area contributed by atoms with Crippen LogP contribution in [0.25, 0.3) is 0 Å². The molecule has 1 N–H and O–H groups in total. The Labute approximate surface area is 178 Å². The molecule has 4 nitrogen and oxygen atoms in total. The first-order valence-electron chi connectivity index (χ1n) is 8.06. The topological polar surface area (TPSA) is 50.7 Å². The lowest BCUT2D eigenvalue weighted by atomic mass is 10.2. The van der Waals surface area contributed by atoms with Gasteiger partial charge in [-0.15, -0.1) is 0 Å². The van der Waals surface area contributed by atoms with Gasteiger partial charge in [0.15, 0.2) is 0 Å². The number of carbonyl (C=O) groups excluding carboxylic acids is 1. The lowest BCUT2D eigenvalue weighted by molar-refractivity contribution is -0.0563. The number of amides is 2. The molecule has 0 heterocycles. The lowest BCUT2D eigenvalue weighted by Crippen LogP contribution is -2.21. The van der Waals surface area contributed by atoms with E-state index in [-0.39, 0.29) is 50.5 Å². The van der Waals surface area contributed by atoms with Gasteiger partial charge in [0.2, 0.25) is 5.90 Å². The summed E-state index contributed by atoms with van der Waals surface area (Å²) >= 11 is 11.9. The van der Waals surface area contributed by atoms with Crippen molar-refractivity contribution < 1.29 is 27.1 Å². The highest BCUT2D eigenvalue weighted by Gasteiger charge is 2.41. The second-order valence-electron chi connectivity index (χ2n) is 5.37. The van der Waals surface area contributed by atoms with Gasteiger partial charge in [0.25, 0.3) is 0 Å². The number of benzene rings is 2. The van der Waals surface area contributed by atoms with E-state index in [0.29, 0.717) is 0 Å². The Hall–Kier alpha value is -1.97. The molecule has 2 rings (SSSR count). The number of aliphatic imine (C=N–C) groups is 1. The van der Waals surface area contributed by atoms with E-state index in [1.54, 1.807) is 25.1 Å². The van der Waals surface area contributed by atoms with Gasteiger partial charge in [0, 0.05) is 10.6 Å². The predicted octanol–water partition coefficient (Wildman–Crippen LogP) is 6.96. The summed E-state index contributed by atoms with van der Waals surface area (Å²) in [5, 5.41) is -1.33. The van der Waals surface area contributed by atoms with Crippen molar-refractivity contribution in [3.8, 4) is 0 Å². The molecule has 0 aliphatic heterocycles. The molecule has 0 bridgehead atoms. The molecule has 29 heavy (non-hydrogen) atoms. The molecule has 0 unspecified atom stereocenters. The van der Waals surface area contributed by atoms with Crippen LogP contribution in [0.15, 0.2) is 52.4 Å². The van der Waals surface area contributed by atoms with Gasteiger partial charge >= 0.3 is 17.7 Å². The van der Waals surface area contributed by atoms with Crippen LogP contribution in [0, 0.1) is 0 Å². The minimum Gasteiger partial charge on any atom is -0.477 e. The van der Waals surface area contributed by atoms with Gasteiger partial charge in [0.1, 0.15) is 0 Å². The first-order valence-corrected chi connectivity index (χ1v) is 9.63. The molecule has 156 valence electrons. The number of thioether (sulfide) groups is 1. The summed E-state index contributed by atoms with van der Waals surface area (Å²) in [4.78, 5) is 15.9. The van der Waals surface area contributed by atoms with Crippen LogP contribution >= 0.6 is 35.0 Å². The standard InChI is InChI=1S/C18H14Cl2F4N2O2S/c1-2-28-15(14-12(19)4-3-5-13(14)20)26-17(27)25-10-6-8-11(9-7-10)29-18(23,24)16(21)22/h3-9,16H,2H2,1H3,(H,25,27). The summed E-state index contributed by atoms with van der Waals surface area (Å²) in [6.45, 7) is 1.88. The number of nitrogens with zero attached hydrogens (tertiary/aromatic N) is 1. The Morgan fingerprint density at radius 1 is 1.17 bits per heavy atom. The average Bonchev–Trinajstić information content (AvgIpc) is 2.63. The molecule has 0 aliphatic carbocycles. The second kappa shape index (κ2) is 10.2. The van der Waals surface area contributed by atoms with E-state index in [4.69, 9.17) is 27.9 Å². The zero-order chi connectivity index (χ0) is 21.6. The van der Waals surface area contributed by atoms with E-state index in [9.17, 15) is 22.4 Å². The molecular formula is C18H14Cl2F4N2O2S. The third-order valence-electron chi connectivity index (χ3n) is 3.27. The average molecular weight is 469 g/mol. The van der Waals surface area contributed by atoms with Crippen LogP contribution in [-0.4, -0.2) is 30.2 Å². The van der Waals surface area contributed by atoms with E-state index in [1.165, 1.54) is 24.3 Å². The van der Waals surface area contributed by atoms with Crippen LogP contribution < -0.4 is 5.32 Å². The Bertz CT molecular complexity index is 876. The van der Waals surface area contributed by atoms with Gasteiger partial charge in [-0.05, 0) is 55.1 Å². The molecule has 0 saturated carbocycles. The maximum Gasteiger partial charge on any atom is 0.357 e. The normalized spacial score (nSPS) is 12.2. The highest BCUT2D eigenvalue weighted by Crippen LogP contribution is 2.40. The van der Waals surface area contributed by atoms with E-state index in [0.717, 1.165) is 0 Å². The van der Waals surface area contributed by atoms with Crippen LogP contribution in [-0.2, 0) is 4.74 Å². The van der Waals surface area contributed by atoms with Crippen LogP contribution in [0.5, 0.6) is 0 Å². The van der Waals surface area contributed by atoms with E-state index in [2.05, 4.69) is 10.3 Å². The lowest BCUT2D eigenvalue weighted by Gasteiger charge is -2.14. The minimum atomic E-state index is -4.21. The Morgan fingerprint density at radius 2 is 1.76 bits per heavy atom. The van der Waals surface area contributed by atoms with Gasteiger partial charge in [-0.3, -0.25) is 0 Å². The maximum atomic E-state index is 13.1. The number of hydrogen-bond donors (Lipinski definition) is 1. The molecule has 0 aromatic heterocycles. The fourth-order valence-electron chi connectivity index (χ4n) is 2.05. The van der Waals surface area contributed by atoms with Crippen LogP contribution in [0.4, 0.5) is 28.0 Å². The van der Waals surface area contributed by atoms with Gasteiger partial charge in [-0.25, -0.2) is 13.6 Å². The summed E-state index contributed by atoms with van der Waals surface area (Å²) in [5.74, 6) is -0.0932. The summed E-state index contributed by atoms with van der Waals surface area (Å²) in [7, 11) is 0. The largest absolute Gasteiger partial charge is 0.477 e. The van der Waals surface area contributed by atoms with Gasteiger partial charge < -0.3 is 10.1 Å². The number of alkyl halides is 4. The van der Waals surface area contributed by atoms with Gasteiger partial charge in [-0.2, -0.15) is 13.8 Å². The fraction of sp³-hybridized carbons (Fsp3) is 0.222. The molecule has 2 aromatic carbocycles. The van der Waals surface area contributed by atoms with Crippen molar-refractivity contribution in [1.82, 2.24) is 0 Å². The first kappa shape index (κ1) is 23.3. The van der Waals surface area contributed by atoms with Gasteiger partial charge in [0.05, 0.1) is 22.2 Å². The second-order valence-corrected chi connectivity index (χ2v) is 7.40. The molecule has 2 aromatic rings. The molecule has 11 heteroatoms. The van der Waals surface area contributed by atoms with Crippen molar-refractivity contribution in [2.24, 2.45) is 4.99 Å². The molecule has 0 radical (unpaired) electrons. The quantitative estimate of drug-likeness (QED) is 0.215. The summed E-state index contributed by atoms with van der Waals surface area (Å²) in [6.07, 6.45) is -3.80. The van der Waals surface area contributed by atoms with E-state index in [1.807, 2.05) is 0 Å². The summed E-state index contributed by atoms with van der Waals surface area (Å²) < 4.78 is 56.0. The summed E-state index contributed by atoms with van der Waals surface area (Å²) in [6, 6.07) is 8.81. The van der Waals surface area contributed by atoms with Crippen molar-refractivity contribution >= 4 is 52.6 Å². The van der Waals surface area contributed by atoms with Crippen LogP contribution in [0.1, 0.15) is 12.5 Å². The molecule has 0 fully saturated rings. The molecule has 0 atom stereocenters. The molecule has 2 amide bonds. The monoisotopic (exact) mass is 468 g/mol. The number of rotatable bonds is 6. The molecule has 0 aliphatic rings. The smallest absolute Gasteiger partial charge is 0.357 e. The minimum absolute atomic E-state index is 0.0883. The number of hydrogen-bond acceptors (Lipinski definition) is 3. The SMILES string of the molecule is CCOC(=NC(=O)Nc1ccc(SC(F)(F)C(F)F)cc1)c1c(Cl)cccc1Cl. The third-order valence-corrected chi connectivity index (χ3v) is 4.86. The highest BCUT2D eigenvalue weighted by atomic mass is 35.5. The molecule has 0 spiro atoms. The zero-order valence-corrected chi connectivity index (χ0v) is 17.1. The fourth-order valence-corrected chi connectivity index (χ4v) is 3.29. The zero-order valence-electron chi connectivity index (χ0n) is 14.8. The number of halogens is 6. The maximum absolute atomic E-state index is 13.1. The third kappa shape index (κ3) is 6.52. The Morgan fingerprint density at radius 3 is 2.28 bits per heavy atom. The van der Waals surface area contributed by atoms with Crippen LogP contribution in [0.2, 0.25) is 10.0 Å². The number of ether oxygens (including phenoxy) is 1. The van der Waals surface area contributed by atoms with E-state index >= 15 is 0 Å². The highest BCUT2D eigenvalue weighted by molar-refractivity contribution is 8.00. The number of carbonyl (C=O) groups is 1. The van der Waals surface area contributed by atoms with E-state index < -0.39 is 17.7 Å². The molecular weight excluding hydrogens is 455 g/mol. The number of urea groups is 1. The molecule has 0 saturated heterocycles. The summed E-state index contributed by atoms with van der Waals surface area (Å²) in [5.41, 5.74) is 0.457. The van der Waals surface area contributed by atoms with Gasteiger partial charge in [-0.1, -0.05) is 29.3 Å². The Balaban J connectivity index is 2.16.